The third kappa shape index (κ3) is 2.22. The second-order valence-electron chi connectivity index (χ2n) is 4.77. The van der Waals surface area contributed by atoms with E-state index >= 15 is 0 Å². The molecule has 0 bridgehead atoms. The van der Waals surface area contributed by atoms with E-state index in [0.717, 1.165) is 0 Å². The number of esters is 1. The van der Waals surface area contributed by atoms with Crippen molar-refractivity contribution in [2.45, 2.75) is 19.4 Å². The Hall–Kier alpha value is -2.77. The number of nitrogens with zero attached hydrogens (tertiary/aromatic N) is 4. The van der Waals surface area contributed by atoms with Crippen molar-refractivity contribution in [3.05, 3.63) is 46.9 Å². The van der Waals surface area contributed by atoms with Crippen molar-refractivity contribution in [1.29, 1.82) is 0 Å². The number of methoxy groups -OCH3 is 1. The number of aromatic nitrogens is 4. The molecule has 1 atom stereocenters. The summed E-state index contributed by atoms with van der Waals surface area (Å²) in [4.78, 5) is 12.2. The second kappa shape index (κ2) is 5.55. The number of ether oxygens (including phenoxy) is 1. The maximum atomic E-state index is 13.6. The minimum absolute atomic E-state index is 0.371. The van der Waals surface area contributed by atoms with Crippen LogP contribution in [-0.2, 0) is 9.53 Å². The molecule has 0 saturated heterocycles. The highest BCUT2D eigenvalue weighted by atomic mass is 19.1. The van der Waals surface area contributed by atoms with E-state index in [2.05, 4.69) is 20.8 Å². The molecule has 8 heteroatoms. The van der Waals surface area contributed by atoms with Gasteiger partial charge in [-0.2, -0.15) is 4.68 Å². The van der Waals surface area contributed by atoms with Crippen LogP contribution >= 0.6 is 0 Å². The van der Waals surface area contributed by atoms with E-state index in [4.69, 9.17) is 4.74 Å². The maximum absolute atomic E-state index is 13.6. The lowest BCUT2D eigenvalue weighted by atomic mass is 9.94. The first-order valence-corrected chi connectivity index (χ1v) is 6.77. The molecule has 114 valence electrons. The van der Waals surface area contributed by atoms with Gasteiger partial charge in [0.1, 0.15) is 11.9 Å². The lowest BCUT2D eigenvalue weighted by molar-refractivity contribution is -0.136. The number of hydrogen-bond donors (Lipinski definition) is 1. The van der Waals surface area contributed by atoms with E-state index in [1.165, 1.54) is 23.9 Å². The van der Waals surface area contributed by atoms with Crippen LogP contribution in [0.3, 0.4) is 0 Å². The van der Waals surface area contributed by atoms with Crippen LogP contribution in [0.25, 0.3) is 0 Å². The molecule has 1 N–H and O–H groups in total. The fraction of sp³-hybridized carbons (Fsp3) is 0.286. The van der Waals surface area contributed by atoms with E-state index in [-0.39, 0.29) is 0 Å². The van der Waals surface area contributed by atoms with Crippen LogP contribution in [0, 0.1) is 5.82 Å². The Morgan fingerprint density at radius 3 is 3.00 bits per heavy atom. The molecule has 2 aromatic rings. The highest BCUT2D eigenvalue weighted by Gasteiger charge is 2.35. The first kappa shape index (κ1) is 14.2. The number of hydrogen-bond acceptors (Lipinski definition) is 6. The summed E-state index contributed by atoms with van der Waals surface area (Å²) in [6.45, 7) is 1.90. The van der Waals surface area contributed by atoms with Crippen molar-refractivity contribution in [1.82, 2.24) is 20.2 Å². The van der Waals surface area contributed by atoms with Gasteiger partial charge in [0.15, 0.2) is 0 Å². The third-order valence-electron chi connectivity index (χ3n) is 3.52. The molecule has 0 spiro atoms. The zero-order valence-electron chi connectivity index (χ0n) is 12.1. The quantitative estimate of drug-likeness (QED) is 0.869. The Bertz CT molecular complexity index is 755. The molecule has 1 aliphatic rings. The first-order valence-electron chi connectivity index (χ1n) is 6.77. The lowest BCUT2D eigenvalue weighted by Gasteiger charge is -2.28. The molecule has 0 fully saturated rings. The molecule has 1 aromatic carbocycles. The summed E-state index contributed by atoms with van der Waals surface area (Å²) in [7, 11) is 1.31. The fourth-order valence-corrected chi connectivity index (χ4v) is 2.55. The van der Waals surface area contributed by atoms with Crippen molar-refractivity contribution in [3.63, 3.8) is 0 Å². The van der Waals surface area contributed by atoms with E-state index in [0.29, 0.717) is 29.2 Å². The molecule has 22 heavy (non-hydrogen) atoms. The van der Waals surface area contributed by atoms with E-state index in [1.807, 2.05) is 6.92 Å². The largest absolute Gasteiger partial charge is 0.466 e. The highest BCUT2D eigenvalue weighted by molar-refractivity contribution is 5.92. The Morgan fingerprint density at radius 2 is 2.32 bits per heavy atom. The number of nitrogens with one attached hydrogen (secondary N) is 1. The lowest BCUT2D eigenvalue weighted by Crippen LogP contribution is -2.30. The maximum Gasteiger partial charge on any atom is 0.338 e. The van der Waals surface area contributed by atoms with Crippen LogP contribution in [0.2, 0.25) is 0 Å². The van der Waals surface area contributed by atoms with Crippen molar-refractivity contribution < 1.29 is 13.9 Å². The minimum atomic E-state index is -0.635. The van der Waals surface area contributed by atoms with Gasteiger partial charge in [-0.25, -0.2) is 9.18 Å². The predicted molar refractivity (Wildman–Crippen MR) is 75.3 cm³/mol. The van der Waals surface area contributed by atoms with Gasteiger partial charge in [-0.3, -0.25) is 0 Å². The van der Waals surface area contributed by atoms with E-state index in [9.17, 15) is 9.18 Å². The van der Waals surface area contributed by atoms with Crippen LogP contribution in [-0.4, -0.2) is 33.3 Å². The number of halogens is 1. The molecule has 3 rings (SSSR count). The fourth-order valence-electron chi connectivity index (χ4n) is 2.55. The van der Waals surface area contributed by atoms with Gasteiger partial charge in [-0.15, -0.1) is 0 Å². The number of fused-ring (bicyclic) bond motifs is 1. The van der Waals surface area contributed by atoms with E-state index < -0.39 is 17.8 Å². The van der Waals surface area contributed by atoms with Gasteiger partial charge in [0.2, 0.25) is 5.95 Å². The van der Waals surface area contributed by atoms with Crippen LogP contribution < -0.4 is 5.32 Å². The SMILES string of the molecule is CCC1=C(C(=O)OC)[C@@H](c2cccc(F)c2)n2nnnc2N1. The van der Waals surface area contributed by atoms with Gasteiger partial charge >= 0.3 is 5.97 Å². The number of anilines is 1. The summed E-state index contributed by atoms with van der Waals surface area (Å²) in [6, 6.07) is 5.37. The minimum Gasteiger partial charge on any atom is -0.466 e. The van der Waals surface area contributed by atoms with Gasteiger partial charge in [-0.1, -0.05) is 24.2 Å². The summed E-state index contributed by atoms with van der Waals surface area (Å²) < 4.78 is 19.9. The second-order valence-corrected chi connectivity index (χ2v) is 4.77. The molecule has 0 unspecified atom stereocenters. The van der Waals surface area contributed by atoms with E-state index in [1.54, 1.807) is 12.1 Å². The Labute approximate surface area is 125 Å². The molecule has 0 amide bonds. The zero-order valence-corrected chi connectivity index (χ0v) is 12.1. The van der Waals surface area contributed by atoms with Crippen LogP contribution in [0.4, 0.5) is 10.3 Å². The topological polar surface area (TPSA) is 81.9 Å². The standard InChI is InChI=1S/C14H14FN5O2/c1-3-10-11(13(21)22-2)12(8-5-4-6-9(15)7-8)20-14(16-10)17-18-19-20/h4-7,12H,3H2,1-2H3,(H,16,17,19)/t12-/m1/s1. The van der Waals surface area contributed by atoms with Gasteiger partial charge < -0.3 is 10.1 Å². The Kier molecular flexibility index (Phi) is 3.58. The van der Waals surface area contributed by atoms with Crippen LogP contribution in [0.15, 0.2) is 35.5 Å². The Balaban J connectivity index is 2.22. The van der Waals surface area contributed by atoms with Gasteiger partial charge in [0, 0.05) is 5.70 Å². The normalized spacial score (nSPS) is 17.0. The molecule has 0 radical (unpaired) electrons. The number of carbonyl (C=O) groups is 1. The predicted octanol–water partition coefficient (Wildman–Crippen LogP) is 1.66. The third-order valence-corrected chi connectivity index (χ3v) is 3.52. The molecule has 2 heterocycles. The number of carbonyl (C=O) groups excluding carboxylic acids is 1. The smallest absolute Gasteiger partial charge is 0.338 e. The highest BCUT2D eigenvalue weighted by Crippen LogP contribution is 2.35. The number of benzene rings is 1. The van der Waals surface area contributed by atoms with Crippen molar-refractivity contribution >= 4 is 11.9 Å². The number of allylic oxidation sites excluding steroid dienone is 1. The molecule has 7 nitrogen and oxygen atoms in total. The molecule has 0 saturated carbocycles. The van der Waals surface area contributed by atoms with Gasteiger partial charge in [0.25, 0.3) is 0 Å². The summed E-state index contributed by atoms with van der Waals surface area (Å²) in [5.74, 6) is -0.494. The molecule has 1 aromatic heterocycles. The number of rotatable bonds is 3. The Morgan fingerprint density at radius 1 is 1.50 bits per heavy atom. The summed E-state index contributed by atoms with van der Waals surface area (Å²) in [5, 5.41) is 14.4. The summed E-state index contributed by atoms with van der Waals surface area (Å²) in [5.41, 5.74) is 1.60. The molecule has 1 aliphatic heterocycles. The molecular formula is C14H14FN5O2. The summed E-state index contributed by atoms with van der Waals surface area (Å²) in [6.07, 6.45) is 0.559. The van der Waals surface area contributed by atoms with Crippen LogP contribution in [0.5, 0.6) is 0 Å². The monoisotopic (exact) mass is 303 g/mol. The zero-order chi connectivity index (χ0) is 15.7. The molecular weight excluding hydrogens is 289 g/mol. The average molecular weight is 303 g/mol. The molecule has 0 aliphatic carbocycles. The average Bonchev–Trinajstić information content (AvgIpc) is 3.00. The van der Waals surface area contributed by atoms with Gasteiger partial charge in [-0.05, 0) is 34.5 Å². The summed E-state index contributed by atoms with van der Waals surface area (Å²) >= 11 is 0. The van der Waals surface area contributed by atoms with Crippen molar-refractivity contribution in [2.24, 2.45) is 0 Å². The van der Waals surface area contributed by atoms with Crippen molar-refractivity contribution in [2.75, 3.05) is 12.4 Å². The van der Waals surface area contributed by atoms with Gasteiger partial charge in [0.05, 0.1) is 12.7 Å². The van der Waals surface area contributed by atoms with Crippen molar-refractivity contribution in [3.8, 4) is 0 Å². The number of tetrazole rings is 1. The van der Waals surface area contributed by atoms with Crippen LogP contribution in [0.1, 0.15) is 24.9 Å². The first-order chi connectivity index (χ1) is 10.7.